The number of aromatic nitrogens is 2. The van der Waals surface area contributed by atoms with Crippen LogP contribution in [0.1, 0.15) is 17.3 Å². The molecule has 0 aliphatic rings. The maximum atomic E-state index is 15.0. The number of thioether (sulfide) groups is 1. The second-order valence-electron chi connectivity index (χ2n) is 7.69. The van der Waals surface area contributed by atoms with Gasteiger partial charge in [-0.1, -0.05) is 6.07 Å². The van der Waals surface area contributed by atoms with Crippen LogP contribution >= 0.6 is 11.8 Å². The highest BCUT2D eigenvalue weighted by Crippen LogP contribution is 2.41. The van der Waals surface area contributed by atoms with Crippen molar-refractivity contribution in [1.29, 1.82) is 0 Å². The van der Waals surface area contributed by atoms with Gasteiger partial charge < -0.3 is 14.5 Å². The van der Waals surface area contributed by atoms with Crippen molar-refractivity contribution in [2.45, 2.75) is 11.8 Å². The van der Waals surface area contributed by atoms with Crippen LogP contribution in [0.2, 0.25) is 0 Å². The molecule has 184 valence electrons. The molecule has 0 radical (unpaired) electrons. The summed E-state index contributed by atoms with van der Waals surface area (Å²) >= 11 is 1.21. The Balaban J connectivity index is 1.83. The maximum Gasteiger partial charge on any atom is 0.340 e. The number of carbonyl (C=O) groups excluding carboxylic acids is 2. The summed E-state index contributed by atoms with van der Waals surface area (Å²) in [4.78, 5) is 31.6. The molecule has 2 aromatic carbocycles. The number of carbonyl (C=O) groups is 2. The molecule has 9 heteroatoms. The Labute approximate surface area is 210 Å². The minimum atomic E-state index is -0.610. The minimum Gasteiger partial charge on any atom is -0.465 e. The van der Waals surface area contributed by atoms with Crippen molar-refractivity contribution in [3.63, 3.8) is 0 Å². The van der Waals surface area contributed by atoms with Crippen LogP contribution in [0.25, 0.3) is 33.6 Å². The van der Waals surface area contributed by atoms with Crippen LogP contribution in [0, 0.1) is 11.6 Å². The number of H-pyrrole nitrogens is 1. The van der Waals surface area contributed by atoms with Gasteiger partial charge in [0.25, 0.3) is 0 Å². The number of pyridine rings is 1. The summed E-state index contributed by atoms with van der Waals surface area (Å²) in [7, 11) is 1.27. The van der Waals surface area contributed by atoms with Gasteiger partial charge in [-0.2, -0.15) is 0 Å². The quantitative estimate of drug-likeness (QED) is 0.175. The first-order valence-corrected chi connectivity index (χ1v) is 11.9. The van der Waals surface area contributed by atoms with Gasteiger partial charge in [-0.25, -0.2) is 13.6 Å². The van der Waals surface area contributed by atoms with Crippen molar-refractivity contribution in [2.75, 3.05) is 19.5 Å². The fraction of sp³-hybridized carbons (Fsp3) is 0.148. The Bertz CT molecular complexity index is 1390. The first-order valence-electron chi connectivity index (χ1n) is 11.0. The Morgan fingerprint density at radius 2 is 1.64 bits per heavy atom. The van der Waals surface area contributed by atoms with E-state index in [-0.39, 0.29) is 12.2 Å². The number of aromatic amines is 1. The highest BCUT2D eigenvalue weighted by molar-refractivity contribution is 7.99. The molecule has 4 rings (SSSR count). The zero-order chi connectivity index (χ0) is 25.7. The van der Waals surface area contributed by atoms with E-state index in [0.29, 0.717) is 44.3 Å². The van der Waals surface area contributed by atoms with Crippen LogP contribution in [-0.4, -0.2) is 41.4 Å². The average molecular weight is 509 g/mol. The molecule has 0 bridgehead atoms. The first kappa shape index (κ1) is 25.1. The van der Waals surface area contributed by atoms with Crippen LogP contribution in [0.3, 0.4) is 0 Å². The van der Waals surface area contributed by atoms with Crippen molar-refractivity contribution in [2.24, 2.45) is 0 Å². The highest BCUT2D eigenvalue weighted by Gasteiger charge is 2.27. The van der Waals surface area contributed by atoms with E-state index in [9.17, 15) is 14.0 Å². The molecule has 0 fully saturated rings. The average Bonchev–Trinajstić information content (AvgIpc) is 3.28. The maximum absolute atomic E-state index is 15.0. The molecule has 0 saturated carbocycles. The first-order chi connectivity index (χ1) is 17.4. The Morgan fingerprint density at radius 1 is 0.944 bits per heavy atom. The number of nitrogens with one attached hydrogen (secondary N) is 1. The van der Waals surface area contributed by atoms with Gasteiger partial charge in [-0.05, 0) is 59.7 Å². The summed E-state index contributed by atoms with van der Waals surface area (Å²) in [6.45, 7) is 1.48. The van der Waals surface area contributed by atoms with Crippen LogP contribution in [-0.2, 0) is 14.3 Å². The number of nitrogens with zero attached hydrogens (tertiary/aromatic N) is 1. The third-order valence-electron chi connectivity index (χ3n) is 5.36. The highest BCUT2D eigenvalue weighted by atomic mass is 32.2. The van der Waals surface area contributed by atoms with E-state index < -0.39 is 23.6 Å². The molecule has 0 saturated heterocycles. The van der Waals surface area contributed by atoms with Crippen molar-refractivity contribution in [1.82, 2.24) is 9.97 Å². The number of esters is 2. The Hall–Kier alpha value is -3.98. The van der Waals surface area contributed by atoms with Crippen molar-refractivity contribution in [3.05, 3.63) is 84.2 Å². The number of rotatable bonds is 8. The molecule has 0 aliphatic heterocycles. The lowest BCUT2D eigenvalue weighted by atomic mass is 9.96. The van der Waals surface area contributed by atoms with Crippen molar-refractivity contribution in [3.8, 4) is 33.6 Å². The Kier molecular flexibility index (Phi) is 7.80. The number of hydrogen-bond acceptors (Lipinski definition) is 6. The molecule has 0 aliphatic carbocycles. The minimum absolute atomic E-state index is 0.167. The van der Waals surface area contributed by atoms with Crippen molar-refractivity contribution >= 4 is 23.7 Å². The van der Waals surface area contributed by atoms with Gasteiger partial charge in [0.15, 0.2) is 0 Å². The molecule has 4 aromatic rings. The van der Waals surface area contributed by atoms with Crippen LogP contribution in [0.15, 0.2) is 71.9 Å². The van der Waals surface area contributed by atoms with Crippen molar-refractivity contribution < 1.29 is 27.8 Å². The van der Waals surface area contributed by atoms with Crippen LogP contribution in [0.5, 0.6) is 0 Å². The second-order valence-corrected chi connectivity index (χ2v) is 8.83. The molecule has 1 N–H and O–H groups in total. The van der Waals surface area contributed by atoms with Gasteiger partial charge in [0.1, 0.15) is 18.2 Å². The smallest absolute Gasteiger partial charge is 0.340 e. The molecule has 2 heterocycles. The normalized spacial score (nSPS) is 10.8. The lowest BCUT2D eigenvalue weighted by Crippen LogP contribution is -2.04. The number of benzene rings is 2. The molecule has 6 nitrogen and oxygen atoms in total. The summed E-state index contributed by atoms with van der Waals surface area (Å²) in [5.74, 6) is -1.49. The zero-order valence-electron chi connectivity index (χ0n) is 19.5. The van der Waals surface area contributed by atoms with Gasteiger partial charge in [-0.15, -0.1) is 11.8 Å². The molecule has 0 atom stereocenters. The summed E-state index contributed by atoms with van der Waals surface area (Å²) in [5, 5.41) is 0. The SMILES string of the molecule is COC(=O)c1c(-c2ccc(SCCOC(C)=O)c(F)c2)[nH]c(-c2ccc(F)cc2)c1-c1ccncc1. The number of halogens is 2. The molecular weight excluding hydrogens is 486 g/mol. The summed E-state index contributed by atoms with van der Waals surface area (Å²) in [5.41, 5.74) is 3.42. The fourth-order valence-electron chi connectivity index (χ4n) is 3.77. The van der Waals surface area contributed by atoms with E-state index in [2.05, 4.69) is 9.97 Å². The van der Waals surface area contributed by atoms with Gasteiger partial charge in [0.2, 0.25) is 0 Å². The third kappa shape index (κ3) is 5.46. The van der Waals surface area contributed by atoms with Gasteiger partial charge in [0.05, 0.1) is 24.1 Å². The summed E-state index contributed by atoms with van der Waals surface area (Å²) in [6, 6.07) is 14.0. The molecule has 0 spiro atoms. The van der Waals surface area contributed by atoms with E-state index in [1.165, 1.54) is 44.0 Å². The van der Waals surface area contributed by atoms with E-state index >= 15 is 4.39 Å². The topological polar surface area (TPSA) is 81.3 Å². The van der Waals surface area contributed by atoms with E-state index in [0.717, 1.165) is 0 Å². The van der Waals surface area contributed by atoms with Gasteiger partial charge >= 0.3 is 11.9 Å². The van der Waals surface area contributed by atoms with E-state index in [1.54, 1.807) is 48.8 Å². The predicted molar refractivity (Wildman–Crippen MR) is 134 cm³/mol. The van der Waals surface area contributed by atoms with Crippen LogP contribution < -0.4 is 0 Å². The monoisotopic (exact) mass is 508 g/mol. The second kappa shape index (κ2) is 11.2. The van der Waals surface area contributed by atoms with Gasteiger partial charge in [-0.3, -0.25) is 9.78 Å². The lowest BCUT2D eigenvalue weighted by molar-refractivity contribution is -0.140. The molecular formula is C27H22F2N2O4S. The Morgan fingerprint density at radius 3 is 2.28 bits per heavy atom. The largest absolute Gasteiger partial charge is 0.465 e. The predicted octanol–water partition coefficient (Wildman–Crippen LogP) is 6.13. The zero-order valence-corrected chi connectivity index (χ0v) is 20.3. The lowest BCUT2D eigenvalue weighted by Gasteiger charge is -2.09. The standard InChI is InChI=1S/C27H22F2N2O4S/c1-16(32)35-13-14-36-22-8-5-19(15-21(22)29)26-24(27(33)34-2)23(17-9-11-30-12-10-17)25(31-26)18-3-6-20(28)7-4-18/h3-12,15,31H,13-14H2,1-2H3. The molecule has 36 heavy (non-hydrogen) atoms. The van der Waals surface area contributed by atoms with E-state index in [4.69, 9.17) is 9.47 Å². The van der Waals surface area contributed by atoms with E-state index in [1.807, 2.05) is 0 Å². The molecule has 2 aromatic heterocycles. The third-order valence-corrected chi connectivity index (χ3v) is 6.37. The molecule has 0 unspecified atom stereocenters. The summed E-state index contributed by atoms with van der Waals surface area (Å²) < 4.78 is 38.6. The summed E-state index contributed by atoms with van der Waals surface area (Å²) in [6.07, 6.45) is 3.19. The number of ether oxygens (including phenoxy) is 2. The molecule has 0 amide bonds. The fourth-order valence-corrected chi connectivity index (χ4v) is 4.52. The van der Waals surface area contributed by atoms with Crippen LogP contribution in [0.4, 0.5) is 8.78 Å². The number of hydrogen-bond donors (Lipinski definition) is 1. The van der Waals surface area contributed by atoms with Gasteiger partial charge in [0, 0.05) is 41.1 Å². The number of methoxy groups -OCH3 is 1.